The number of imidazole rings is 1. The molecule has 0 atom stereocenters. The van der Waals surface area contributed by atoms with Gasteiger partial charge in [-0.25, -0.2) is 4.98 Å². The summed E-state index contributed by atoms with van der Waals surface area (Å²) in [5, 5.41) is 0. The van der Waals surface area contributed by atoms with E-state index in [9.17, 15) is 0 Å². The van der Waals surface area contributed by atoms with E-state index in [1.807, 2.05) is 38.2 Å². The first-order valence-electron chi connectivity index (χ1n) is 6.84. The Morgan fingerprint density at radius 1 is 1.00 bits per heavy atom. The Morgan fingerprint density at radius 3 is 2.40 bits per heavy atom. The second-order valence-electron chi connectivity index (χ2n) is 5.24. The highest BCUT2D eigenvalue weighted by Gasteiger charge is 2.03. The highest BCUT2D eigenvalue weighted by atomic mass is 16.5. The van der Waals surface area contributed by atoms with Gasteiger partial charge < -0.3 is 9.14 Å². The van der Waals surface area contributed by atoms with Crippen LogP contribution in [0.25, 0.3) is 16.8 Å². The van der Waals surface area contributed by atoms with Crippen molar-refractivity contribution in [3.8, 4) is 16.9 Å². The number of nitrogens with zero attached hydrogens (tertiary/aromatic N) is 2. The average molecular weight is 266 g/mol. The van der Waals surface area contributed by atoms with Crippen molar-refractivity contribution in [2.75, 3.05) is 0 Å². The molecule has 0 aliphatic heterocycles. The van der Waals surface area contributed by atoms with Crippen molar-refractivity contribution in [2.24, 2.45) is 0 Å². The number of hydrogen-bond donors (Lipinski definition) is 0. The van der Waals surface area contributed by atoms with E-state index in [4.69, 9.17) is 4.74 Å². The summed E-state index contributed by atoms with van der Waals surface area (Å²) in [4.78, 5) is 4.34. The summed E-state index contributed by atoms with van der Waals surface area (Å²) in [5.74, 6) is 0.906. The molecular formula is C17H18N2O. The second kappa shape index (κ2) is 5.00. The van der Waals surface area contributed by atoms with Gasteiger partial charge >= 0.3 is 0 Å². The van der Waals surface area contributed by atoms with E-state index in [1.165, 1.54) is 11.1 Å². The molecule has 0 unspecified atom stereocenters. The average Bonchev–Trinajstić information content (AvgIpc) is 2.80. The van der Waals surface area contributed by atoms with Gasteiger partial charge in [-0.2, -0.15) is 0 Å². The lowest BCUT2D eigenvalue weighted by molar-refractivity contribution is 0.242. The van der Waals surface area contributed by atoms with Crippen LogP contribution in [0.5, 0.6) is 5.75 Å². The molecule has 0 bridgehead atoms. The number of pyridine rings is 1. The van der Waals surface area contributed by atoms with Gasteiger partial charge in [-0.3, -0.25) is 0 Å². The van der Waals surface area contributed by atoms with Crippen LogP contribution in [0.1, 0.15) is 19.5 Å². The number of hydrogen-bond acceptors (Lipinski definition) is 2. The fourth-order valence-corrected chi connectivity index (χ4v) is 2.27. The smallest absolute Gasteiger partial charge is 0.136 e. The van der Waals surface area contributed by atoms with E-state index in [0.29, 0.717) is 0 Å². The summed E-state index contributed by atoms with van der Waals surface area (Å²) in [7, 11) is 0. The zero-order valence-corrected chi connectivity index (χ0v) is 12.0. The van der Waals surface area contributed by atoms with Crippen LogP contribution >= 0.6 is 0 Å². The third-order valence-corrected chi connectivity index (χ3v) is 3.25. The first-order valence-corrected chi connectivity index (χ1v) is 6.84. The SMILES string of the molecule is Cc1cnc2ccc(-c3ccc(OC(C)C)cc3)cn12. The zero-order chi connectivity index (χ0) is 14.1. The molecular weight excluding hydrogens is 248 g/mol. The van der Waals surface area contributed by atoms with Crippen molar-refractivity contribution in [1.82, 2.24) is 9.38 Å². The van der Waals surface area contributed by atoms with Crippen molar-refractivity contribution >= 4 is 5.65 Å². The van der Waals surface area contributed by atoms with Crippen LogP contribution in [0.15, 0.2) is 48.8 Å². The maximum atomic E-state index is 5.67. The Balaban J connectivity index is 1.95. The molecule has 102 valence electrons. The standard InChI is InChI=1S/C17H18N2O/c1-12(2)20-16-7-4-14(5-8-16)15-6-9-17-18-10-13(3)19(17)11-15/h4-12H,1-3H3. The quantitative estimate of drug-likeness (QED) is 0.713. The summed E-state index contributed by atoms with van der Waals surface area (Å²) in [6.07, 6.45) is 4.21. The third kappa shape index (κ3) is 2.39. The molecule has 2 heterocycles. The molecule has 0 aliphatic carbocycles. The van der Waals surface area contributed by atoms with Gasteiger partial charge in [0.2, 0.25) is 0 Å². The highest BCUT2D eigenvalue weighted by Crippen LogP contribution is 2.23. The molecule has 0 N–H and O–H groups in total. The lowest BCUT2D eigenvalue weighted by atomic mass is 10.1. The molecule has 0 saturated heterocycles. The van der Waals surface area contributed by atoms with Crippen LogP contribution in [0.4, 0.5) is 0 Å². The number of aryl methyl sites for hydroxylation is 1. The summed E-state index contributed by atoms with van der Waals surface area (Å²) in [6, 6.07) is 12.3. The minimum absolute atomic E-state index is 0.200. The molecule has 3 heteroatoms. The summed E-state index contributed by atoms with van der Waals surface area (Å²) in [6.45, 7) is 6.12. The summed E-state index contributed by atoms with van der Waals surface area (Å²) < 4.78 is 7.77. The normalized spacial score (nSPS) is 11.2. The van der Waals surface area contributed by atoms with Gasteiger partial charge in [0.25, 0.3) is 0 Å². The van der Waals surface area contributed by atoms with Crippen molar-refractivity contribution in [2.45, 2.75) is 26.9 Å². The Kier molecular flexibility index (Phi) is 3.18. The number of ether oxygens (including phenoxy) is 1. The van der Waals surface area contributed by atoms with Crippen molar-refractivity contribution < 1.29 is 4.74 Å². The number of aromatic nitrogens is 2. The van der Waals surface area contributed by atoms with Crippen molar-refractivity contribution in [3.05, 3.63) is 54.5 Å². The lowest BCUT2D eigenvalue weighted by Gasteiger charge is -2.10. The van der Waals surface area contributed by atoms with Crippen LogP contribution in [0.2, 0.25) is 0 Å². The molecule has 0 amide bonds. The molecule has 2 aromatic heterocycles. The third-order valence-electron chi connectivity index (χ3n) is 3.25. The largest absolute Gasteiger partial charge is 0.491 e. The maximum absolute atomic E-state index is 5.67. The van der Waals surface area contributed by atoms with E-state index in [-0.39, 0.29) is 6.10 Å². The summed E-state index contributed by atoms with van der Waals surface area (Å²) in [5.41, 5.74) is 4.47. The number of rotatable bonds is 3. The van der Waals surface area contributed by atoms with Gasteiger partial charge in [-0.15, -0.1) is 0 Å². The first kappa shape index (κ1) is 12.7. The molecule has 0 aliphatic rings. The van der Waals surface area contributed by atoms with Gasteiger partial charge in [-0.05, 0) is 56.2 Å². The Hall–Kier alpha value is -2.29. The van der Waals surface area contributed by atoms with Crippen molar-refractivity contribution in [3.63, 3.8) is 0 Å². The topological polar surface area (TPSA) is 26.5 Å². The van der Waals surface area contributed by atoms with Gasteiger partial charge in [0.15, 0.2) is 0 Å². The first-order chi connectivity index (χ1) is 9.63. The van der Waals surface area contributed by atoms with E-state index in [1.54, 1.807) is 0 Å². The zero-order valence-electron chi connectivity index (χ0n) is 12.0. The molecule has 0 saturated carbocycles. The van der Waals surface area contributed by atoms with E-state index in [2.05, 4.69) is 40.7 Å². The number of fused-ring (bicyclic) bond motifs is 1. The van der Waals surface area contributed by atoms with E-state index >= 15 is 0 Å². The van der Waals surface area contributed by atoms with Crippen LogP contribution in [-0.4, -0.2) is 15.5 Å². The Morgan fingerprint density at radius 2 is 1.70 bits per heavy atom. The molecule has 0 spiro atoms. The fourth-order valence-electron chi connectivity index (χ4n) is 2.27. The Bertz CT molecular complexity index is 726. The number of benzene rings is 1. The molecule has 20 heavy (non-hydrogen) atoms. The summed E-state index contributed by atoms with van der Waals surface area (Å²) >= 11 is 0. The van der Waals surface area contributed by atoms with Gasteiger partial charge in [-0.1, -0.05) is 12.1 Å². The van der Waals surface area contributed by atoms with Gasteiger partial charge in [0.05, 0.1) is 6.10 Å². The Labute approximate surface area is 118 Å². The minimum Gasteiger partial charge on any atom is -0.491 e. The maximum Gasteiger partial charge on any atom is 0.136 e. The van der Waals surface area contributed by atoms with Crippen LogP contribution < -0.4 is 4.74 Å². The highest BCUT2D eigenvalue weighted by molar-refractivity contribution is 5.65. The van der Waals surface area contributed by atoms with E-state index < -0.39 is 0 Å². The molecule has 1 aromatic carbocycles. The van der Waals surface area contributed by atoms with Crippen LogP contribution in [0.3, 0.4) is 0 Å². The molecule has 3 aromatic rings. The van der Waals surface area contributed by atoms with Gasteiger partial charge in [0.1, 0.15) is 11.4 Å². The second-order valence-corrected chi connectivity index (χ2v) is 5.24. The lowest BCUT2D eigenvalue weighted by Crippen LogP contribution is -2.05. The predicted octanol–water partition coefficient (Wildman–Crippen LogP) is 4.10. The van der Waals surface area contributed by atoms with Crippen molar-refractivity contribution in [1.29, 1.82) is 0 Å². The fraction of sp³-hybridized carbons (Fsp3) is 0.235. The van der Waals surface area contributed by atoms with Crippen LogP contribution in [0, 0.1) is 6.92 Å². The predicted molar refractivity (Wildman–Crippen MR) is 81.1 cm³/mol. The van der Waals surface area contributed by atoms with E-state index in [0.717, 1.165) is 17.1 Å². The van der Waals surface area contributed by atoms with Crippen LogP contribution in [-0.2, 0) is 0 Å². The molecule has 3 nitrogen and oxygen atoms in total. The van der Waals surface area contributed by atoms with Gasteiger partial charge in [0, 0.05) is 18.1 Å². The monoisotopic (exact) mass is 266 g/mol. The minimum atomic E-state index is 0.200. The molecule has 0 radical (unpaired) electrons. The molecule has 0 fully saturated rings. The molecule has 3 rings (SSSR count).